The van der Waals surface area contributed by atoms with Crippen LogP contribution in [0.2, 0.25) is 5.02 Å². The van der Waals surface area contributed by atoms with E-state index in [1.54, 1.807) is 24.3 Å². The number of nitrogens with two attached hydrogens (primary N) is 1. The quantitative estimate of drug-likeness (QED) is 0.842. The van der Waals surface area contributed by atoms with Crippen molar-refractivity contribution in [1.29, 1.82) is 0 Å². The first kappa shape index (κ1) is 9.73. The summed E-state index contributed by atoms with van der Waals surface area (Å²) in [6, 6.07) is 9.59. The number of primary amides is 1. The number of amides is 1. The molecule has 5 heteroatoms. The zero-order valence-electron chi connectivity index (χ0n) is 7.53. The van der Waals surface area contributed by atoms with Gasteiger partial charge in [0.1, 0.15) is 0 Å². The minimum absolute atomic E-state index is 0.0232. The lowest BCUT2D eigenvalue weighted by Gasteiger charge is -1.94. The van der Waals surface area contributed by atoms with Gasteiger partial charge < -0.3 is 10.3 Å². The largest absolute Gasteiger partial charge is 0.364 e. The van der Waals surface area contributed by atoms with Gasteiger partial charge in [-0.25, -0.2) is 0 Å². The second-order valence-electron chi connectivity index (χ2n) is 2.86. The summed E-state index contributed by atoms with van der Waals surface area (Å²) >= 11 is 5.80. The molecule has 1 amide bonds. The predicted molar refractivity (Wildman–Crippen MR) is 54.3 cm³/mol. The first-order valence-electron chi connectivity index (χ1n) is 4.11. The molecule has 2 aromatic rings. The molecular weight excluding hydrogens is 216 g/mol. The van der Waals surface area contributed by atoms with Gasteiger partial charge in [-0.2, -0.15) is 0 Å². The highest BCUT2D eigenvalue weighted by Gasteiger charge is 2.11. The Morgan fingerprint density at radius 1 is 1.53 bits per heavy atom. The third-order valence-corrected chi connectivity index (χ3v) is 2.02. The van der Waals surface area contributed by atoms with E-state index in [0.717, 1.165) is 0 Å². The third kappa shape index (κ3) is 1.99. The van der Waals surface area contributed by atoms with Gasteiger partial charge in [0.25, 0.3) is 5.91 Å². The van der Waals surface area contributed by atoms with Crippen LogP contribution in [0.15, 0.2) is 28.8 Å². The number of benzene rings is 1. The molecule has 1 aromatic heterocycles. The molecule has 0 atom stereocenters. The van der Waals surface area contributed by atoms with Crippen molar-refractivity contribution in [3.63, 3.8) is 0 Å². The summed E-state index contributed by atoms with van der Waals surface area (Å²) in [7, 11) is 0. The van der Waals surface area contributed by atoms with E-state index in [9.17, 15) is 4.79 Å². The number of halogens is 1. The average Bonchev–Trinajstić information content (AvgIpc) is 2.66. The van der Waals surface area contributed by atoms with E-state index in [1.165, 1.54) is 0 Å². The van der Waals surface area contributed by atoms with E-state index in [2.05, 4.69) is 11.2 Å². The molecule has 0 aliphatic heterocycles. The fraction of sp³-hybridized carbons (Fsp3) is 0. The maximum absolute atomic E-state index is 10.8. The Labute approximate surface area is 90.6 Å². The van der Waals surface area contributed by atoms with Gasteiger partial charge in [-0.05, 0) is 12.1 Å². The predicted octanol–water partition coefficient (Wildman–Crippen LogP) is 1.89. The fourth-order valence-electron chi connectivity index (χ4n) is 1.11. The van der Waals surface area contributed by atoms with Gasteiger partial charge in [-0.15, -0.1) is 0 Å². The molecule has 4 nitrogen and oxygen atoms in total. The summed E-state index contributed by atoms with van der Waals surface area (Å²) in [5.74, 6) is -0.335. The summed E-state index contributed by atoms with van der Waals surface area (Å²) in [4.78, 5) is 10.8. The number of carbonyl (C=O) groups is 1. The topological polar surface area (TPSA) is 69.1 Å². The maximum atomic E-state index is 10.8. The lowest BCUT2D eigenvalue weighted by atomic mass is 10.1. The van der Waals surface area contributed by atoms with E-state index in [1.807, 2.05) is 0 Å². The van der Waals surface area contributed by atoms with E-state index in [-0.39, 0.29) is 5.69 Å². The number of hydrogen-bond donors (Lipinski definition) is 1. The highest BCUT2D eigenvalue weighted by Crippen LogP contribution is 2.22. The van der Waals surface area contributed by atoms with Crippen molar-refractivity contribution in [2.45, 2.75) is 0 Å². The molecule has 0 aliphatic rings. The number of rotatable bonds is 2. The molecule has 0 saturated carbocycles. The first-order chi connectivity index (χ1) is 7.16. The Kier molecular flexibility index (Phi) is 2.43. The Hall–Kier alpha value is -1.81. The van der Waals surface area contributed by atoms with E-state index < -0.39 is 5.91 Å². The molecule has 75 valence electrons. The molecule has 1 radical (unpaired) electrons. The van der Waals surface area contributed by atoms with Crippen LogP contribution in [-0.4, -0.2) is 11.1 Å². The maximum Gasteiger partial charge on any atom is 0.271 e. The summed E-state index contributed by atoms with van der Waals surface area (Å²) in [5.41, 5.74) is 5.69. The second-order valence-corrected chi connectivity index (χ2v) is 3.30. The molecule has 0 spiro atoms. The van der Waals surface area contributed by atoms with Crippen LogP contribution < -0.4 is 5.73 Å². The normalized spacial score (nSPS) is 10.2. The highest BCUT2D eigenvalue weighted by molar-refractivity contribution is 6.30. The van der Waals surface area contributed by atoms with Crippen LogP contribution in [0.3, 0.4) is 0 Å². The summed E-state index contributed by atoms with van der Waals surface area (Å²) in [5, 5.41) is 4.04. The Morgan fingerprint density at radius 3 is 2.93 bits per heavy atom. The first-order valence-corrected chi connectivity index (χ1v) is 4.49. The van der Waals surface area contributed by atoms with Gasteiger partial charge in [-0.3, -0.25) is 4.79 Å². The van der Waals surface area contributed by atoms with Crippen molar-refractivity contribution >= 4 is 17.5 Å². The van der Waals surface area contributed by atoms with E-state index >= 15 is 0 Å². The standard InChI is InChI=1S/C10H6ClN2O2/c11-7-3-1-2-6(4-7)9-5-8(10(12)14)13-15-9/h1-4H,(H2,12,14). The van der Waals surface area contributed by atoms with Crippen molar-refractivity contribution in [2.24, 2.45) is 5.73 Å². The fourth-order valence-corrected chi connectivity index (χ4v) is 1.30. The molecule has 0 aliphatic carbocycles. The van der Waals surface area contributed by atoms with Crippen LogP contribution in [0.1, 0.15) is 10.5 Å². The zero-order chi connectivity index (χ0) is 10.8. The molecule has 15 heavy (non-hydrogen) atoms. The Morgan fingerprint density at radius 2 is 2.33 bits per heavy atom. The third-order valence-electron chi connectivity index (χ3n) is 1.78. The van der Waals surface area contributed by atoms with Gasteiger partial charge in [0.15, 0.2) is 11.5 Å². The Balaban J connectivity index is 2.41. The number of hydrogen-bond acceptors (Lipinski definition) is 3. The molecule has 0 bridgehead atoms. The van der Waals surface area contributed by atoms with Gasteiger partial charge in [0.05, 0.1) is 6.07 Å². The van der Waals surface area contributed by atoms with Gasteiger partial charge in [0, 0.05) is 10.6 Å². The number of carbonyl (C=O) groups excluding carboxylic acids is 1. The van der Waals surface area contributed by atoms with Crippen LogP contribution in [0.5, 0.6) is 0 Å². The van der Waals surface area contributed by atoms with E-state index in [0.29, 0.717) is 16.3 Å². The van der Waals surface area contributed by atoms with E-state index in [4.69, 9.17) is 21.9 Å². The molecule has 1 aromatic carbocycles. The van der Waals surface area contributed by atoms with Crippen molar-refractivity contribution in [3.05, 3.63) is 41.0 Å². The smallest absolute Gasteiger partial charge is 0.271 e. The molecule has 0 unspecified atom stereocenters. The highest BCUT2D eigenvalue weighted by atomic mass is 35.5. The molecule has 1 heterocycles. The van der Waals surface area contributed by atoms with Gasteiger partial charge in [0.2, 0.25) is 0 Å². The Bertz CT molecular complexity index is 508. The summed E-state index contributed by atoms with van der Waals surface area (Å²) in [6.07, 6.45) is 0. The van der Waals surface area contributed by atoms with Crippen molar-refractivity contribution in [3.8, 4) is 11.3 Å². The zero-order valence-corrected chi connectivity index (χ0v) is 8.28. The van der Waals surface area contributed by atoms with Crippen LogP contribution in [-0.2, 0) is 0 Å². The van der Waals surface area contributed by atoms with Crippen molar-refractivity contribution in [1.82, 2.24) is 5.16 Å². The monoisotopic (exact) mass is 221 g/mol. The minimum atomic E-state index is -0.674. The molecule has 2 rings (SSSR count). The minimum Gasteiger partial charge on any atom is -0.364 e. The SMILES string of the molecule is NC(=O)c1[c]c(-c2cccc(Cl)c2)on1. The second kappa shape index (κ2) is 3.74. The van der Waals surface area contributed by atoms with Crippen LogP contribution in [0.4, 0.5) is 0 Å². The molecular formula is C10H6ClN2O2. The molecule has 2 N–H and O–H groups in total. The molecule has 0 saturated heterocycles. The summed E-state index contributed by atoms with van der Waals surface area (Å²) in [6.45, 7) is 0. The van der Waals surface area contributed by atoms with Gasteiger partial charge >= 0.3 is 0 Å². The lowest BCUT2D eigenvalue weighted by molar-refractivity contribution is 0.0991. The number of nitrogens with zero attached hydrogens (tertiary/aromatic N) is 1. The summed E-state index contributed by atoms with van der Waals surface area (Å²) < 4.78 is 4.90. The molecule has 0 fully saturated rings. The lowest BCUT2D eigenvalue weighted by Crippen LogP contribution is -2.10. The van der Waals surface area contributed by atoms with Crippen LogP contribution >= 0.6 is 11.6 Å². The average molecular weight is 222 g/mol. The van der Waals surface area contributed by atoms with Crippen LogP contribution in [0.25, 0.3) is 11.3 Å². The van der Waals surface area contributed by atoms with Crippen molar-refractivity contribution in [2.75, 3.05) is 0 Å². The van der Waals surface area contributed by atoms with Crippen LogP contribution in [0, 0.1) is 6.07 Å². The van der Waals surface area contributed by atoms with Crippen molar-refractivity contribution < 1.29 is 9.32 Å². The number of aromatic nitrogens is 1. The van der Waals surface area contributed by atoms with Gasteiger partial charge in [-0.1, -0.05) is 28.9 Å².